The van der Waals surface area contributed by atoms with Gasteiger partial charge in [-0.2, -0.15) is 4.98 Å². The van der Waals surface area contributed by atoms with Crippen LogP contribution in [0.3, 0.4) is 0 Å². The fraction of sp³-hybridized carbons (Fsp3) is 0.600. The molecule has 3 aromatic heterocycles. The van der Waals surface area contributed by atoms with Crippen molar-refractivity contribution in [3.05, 3.63) is 23.7 Å². The molecule has 3 fully saturated rings. The highest BCUT2D eigenvalue weighted by Gasteiger charge is 2.48. The molecule has 0 amide bonds. The summed E-state index contributed by atoms with van der Waals surface area (Å²) in [5.41, 5.74) is 3.47. The predicted octanol–water partition coefficient (Wildman–Crippen LogP) is 3.91. The van der Waals surface area contributed by atoms with E-state index in [1.165, 1.54) is 12.8 Å². The fourth-order valence-corrected chi connectivity index (χ4v) is 6.49. The summed E-state index contributed by atoms with van der Waals surface area (Å²) in [6, 6.07) is 2.03. The van der Waals surface area contributed by atoms with Crippen molar-refractivity contribution in [2.24, 2.45) is 17.8 Å². The molecule has 3 aliphatic carbocycles. The summed E-state index contributed by atoms with van der Waals surface area (Å²) in [6.45, 7) is 6.13. The van der Waals surface area contributed by atoms with Crippen molar-refractivity contribution in [1.29, 1.82) is 0 Å². The topological polar surface area (TPSA) is 116 Å². The molecule has 3 saturated carbocycles. The van der Waals surface area contributed by atoms with Gasteiger partial charge in [0, 0.05) is 12.2 Å². The first kappa shape index (κ1) is 22.1. The van der Waals surface area contributed by atoms with Crippen molar-refractivity contribution >= 4 is 33.3 Å². The fourth-order valence-electron chi connectivity index (χ4n) is 5.38. The van der Waals surface area contributed by atoms with Crippen LogP contribution in [0.5, 0.6) is 0 Å². The number of hydrogen-bond acceptors (Lipinski definition) is 9. The van der Waals surface area contributed by atoms with Gasteiger partial charge in [0.2, 0.25) is 5.95 Å². The second kappa shape index (κ2) is 8.39. The standard InChI is InChI=1S/C25H32N6O2S/c1-11(14-4-5-14)27-25-28-12(2)19(24-30-20-13(3)26-9-8-18(20)34-24)23(31-25)29-17-10-16(15-6-7-15)21(32)22(17)33/h8-9,11,14-17,21-22,32-33H,4-7,10H2,1-3H3,(H2,27,28,29,31)/t11-,16?,17-,21-,22+/m1/s1. The van der Waals surface area contributed by atoms with E-state index < -0.39 is 12.2 Å². The van der Waals surface area contributed by atoms with Crippen LogP contribution in [0, 0.1) is 31.6 Å². The number of thiazole rings is 1. The number of hydrogen-bond donors (Lipinski definition) is 4. The molecule has 0 aromatic carbocycles. The number of aliphatic hydroxyl groups excluding tert-OH is 2. The summed E-state index contributed by atoms with van der Waals surface area (Å²) in [6.07, 6.45) is 5.80. The smallest absolute Gasteiger partial charge is 0.225 e. The van der Waals surface area contributed by atoms with Crippen molar-refractivity contribution in [2.75, 3.05) is 10.6 Å². The van der Waals surface area contributed by atoms with E-state index in [1.807, 2.05) is 26.1 Å². The van der Waals surface area contributed by atoms with Crippen LogP contribution in [0.15, 0.2) is 12.3 Å². The summed E-state index contributed by atoms with van der Waals surface area (Å²) in [5.74, 6) is 2.59. The van der Waals surface area contributed by atoms with Gasteiger partial charge in [0.15, 0.2) is 0 Å². The zero-order valence-corrected chi connectivity index (χ0v) is 20.6. The molecule has 3 aliphatic rings. The van der Waals surface area contributed by atoms with Gasteiger partial charge in [0.1, 0.15) is 22.4 Å². The van der Waals surface area contributed by atoms with Crippen LogP contribution < -0.4 is 10.6 Å². The Kier molecular flexibility index (Phi) is 5.46. The number of rotatable bonds is 7. The maximum atomic E-state index is 10.9. The van der Waals surface area contributed by atoms with Crippen LogP contribution in [-0.2, 0) is 0 Å². The van der Waals surface area contributed by atoms with Gasteiger partial charge in [-0.3, -0.25) is 4.98 Å². The van der Waals surface area contributed by atoms with Crippen molar-refractivity contribution < 1.29 is 10.2 Å². The van der Waals surface area contributed by atoms with Gasteiger partial charge < -0.3 is 20.8 Å². The van der Waals surface area contributed by atoms with E-state index in [0.29, 0.717) is 29.6 Å². The number of nitrogens with zero attached hydrogens (tertiary/aromatic N) is 4. The van der Waals surface area contributed by atoms with E-state index in [9.17, 15) is 10.2 Å². The molecule has 34 heavy (non-hydrogen) atoms. The third-order valence-corrected chi connectivity index (χ3v) is 8.79. The Morgan fingerprint density at radius 2 is 1.82 bits per heavy atom. The normalized spacial score (nSPS) is 27.8. The zero-order valence-electron chi connectivity index (χ0n) is 19.8. The molecule has 4 N–H and O–H groups in total. The summed E-state index contributed by atoms with van der Waals surface area (Å²) in [4.78, 5) is 19.0. The predicted molar refractivity (Wildman–Crippen MR) is 134 cm³/mol. The molecular weight excluding hydrogens is 448 g/mol. The van der Waals surface area contributed by atoms with E-state index in [-0.39, 0.29) is 12.0 Å². The second-order valence-corrected chi connectivity index (χ2v) is 11.4. The molecule has 8 nitrogen and oxygen atoms in total. The van der Waals surface area contributed by atoms with Crippen molar-refractivity contribution in [3.63, 3.8) is 0 Å². The highest BCUT2D eigenvalue weighted by molar-refractivity contribution is 7.21. The number of fused-ring (bicyclic) bond motifs is 1. The number of nitrogens with one attached hydrogen (secondary N) is 2. The number of anilines is 2. The molecule has 0 saturated heterocycles. The summed E-state index contributed by atoms with van der Waals surface area (Å²) in [7, 11) is 0. The third-order valence-electron chi connectivity index (χ3n) is 7.76. The number of aliphatic hydroxyl groups is 2. The third kappa shape index (κ3) is 4.03. The molecule has 9 heteroatoms. The van der Waals surface area contributed by atoms with Gasteiger partial charge >= 0.3 is 0 Å². The molecule has 0 radical (unpaired) electrons. The van der Waals surface area contributed by atoms with Crippen LogP contribution in [0.25, 0.3) is 20.8 Å². The Morgan fingerprint density at radius 3 is 2.53 bits per heavy atom. The Bertz CT molecular complexity index is 1220. The van der Waals surface area contributed by atoms with Crippen molar-refractivity contribution in [2.45, 2.75) is 77.2 Å². The first-order valence-corrected chi connectivity index (χ1v) is 13.2. The molecule has 3 aromatic rings. The van der Waals surface area contributed by atoms with Gasteiger partial charge in [-0.1, -0.05) is 0 Å². The molecule has 1 unspecified atom stereocenters. The average Bonchev–Trinajstić information content (AvgIpc) is 3.72. The summed E-state index contributed by atoms with van der Waals surface area (Å²) in [5, 5.41) is 29.3. The highest BCUT2D eigenvalue weighted by Crippen LogP contribution is 2.46. The molecule has 0 spiro atoms. The van der Waals surface area contributed by atoms with Gasteiger partial charge in [-0.05, 0) is 76.7 Å². The monoisotopic (exact) mass is 480 g/mol. The summed E-state index contributed by atoms with van der Waals surface area (Å²) < 4.78 is 1.07. The maximum absolute atomic E-state index is 10.9. The Balaban J connectivity index is 1.39. The number of aryl methyl sites for hydroxylation is 2. The van der Waals surface area contributed by atoms with Crippen LogP contribution >= 0.6 is 11.3 Å². The van der Waals surface area contributed by atoms with Gasteiger partial charge in [0.25, 0.3) is 0 Å². The quantitative estimate of drug-likeness (QED) is 0.402. The van der Waals surface area contributed by atoms with E-state index in [4.69, 9.17) is 15.0 Å². The minimum Gasteiger partial charge on any atom is -0.390 e. The Hall–Kier alpha value is -2.36. The van der Waals surface area contributed by atoms with Crippen LogP contribution in [-0.4, -0.2) is 54.4 Å². The number of aromatic nitrogens is 4. The van der Waals surface area contributed by atoms with Crippen molar-refractivity contribution in [1.82, 2.24) is 19.9 Å². The number of pyridine rings is 1. The SMILES string of the molecule is Cc1nc(N[C@H](C)C2CC2)nc(N[C@@H]2CC(C3CC3)[C@@H](O)[C@H]2O)c1-c1nc2c(C)nccc2s1. The van der Waals surface area contributed by atoms with Crippen LogP contribution in [0.4, 0.5) is 11.8 Å². The molecule has 0 bridgehead atoms. The lowest BCUT2D eigenvalue weighted by Gasteiger charge is -2.22. The van der Waals surface area contributed by atoms with Gasteiger partial charge in [0.05, 0.1) is 33.8 Å². The molecule has 0 aliphatic heterocycles. The van der Waals surface area contributed by atoms with E-state index in [1.54, 1.807) is 11.3 Å². The lowest BCUT2D eigenvalue weighted by Crippen LogP contribution is -2.35. The molecule has 5 atom stereocenters. The largest absolute Gasteiger partial charge is 0.390 e. The lowest BCUT2D eigenvalue weighted by molar-refractivity contribution is 0.0128. The second-order valence-electron chi connectivity index (χ2n) is 10.4. The summed E-state index contributed by atoms with van der Waals surface area (Å²) >= 11 is 1.60. The first-order valence-electron chi connectivity index (χ1n) is 12.4. The van der Waals surface area contributed by atoms with Crippen LogP contribution in [0.2, 0.25) is 0 Å². The Labute approximate surface area is 203 Å². The molecular formula is C25H32N6O2S. The molecule has 180 valence electrons. The molecule has 6 rings (SSSR count). The minimum absolute atomic E-state index is 0.141. The highest BCUT2D eigenvalue weighted by atomic mass is 32.1. The van der Waals surface area contributed by atoms with E-state index >= 15 is 0 Å². The Morgan fingerprint density at radius 1 is 1.03 bits per heavy atom. The van der Waals surface area contributed by atoms with Crippen molar-refractivity contribution in [3.8, 4) is 10.6 Å². The lowest BCUT2D eigenvalue weighted by atomic mass is 10.00. The van der Waals surface area contributed by atoms with E-state index in [0.717, 1.165) is 51.4 Å². The van der Waals surface area contributed by atoms with Gasteiger partial charge in [-0.15, -0.1) is 11.3 Å². The van der Waals surface area contributed by atoms with Crippen LogP contribution in [0.1, 0.15) is 50.4 Å². The zero-order chi connectivity index (χ0) is 23.6. The maximum Gasteiger partial charge on any atom is 0.225 e. The molecule has 3 heterocycles. The van der Waals surface area contributed by atoms with Gasteiger partial charge in [-0.25, -0.2) is 9.97 Å². The average molecular weight is 481 g/mol. The minimum atomic E-state index is -0.822. The van der Waals surface area contributed by atoms with E-state index in [2.05, 4.69) is 22.5 Å². The first-order chi connectivity index (χ1) is 16.4.